The van der Waals surface area contributed by atoms with Crippen LogP contribution in [0.1, 0.15) is 27.0 Å². The van der Waals surface area contributed by atoms with Gasteiger partial charge in [0.25, 0.3) is 11.5 Å². The maximum atomic E-state index is 12.4. The van der Waals surface area contributed by atoms with E-state index in [1.54, 1.807) is 13.2 Å². The Hall–Kier alpha value is -2.62. The van der Waals surface area contributed by atoms with Gasteiger partial charge in [0.15, 0.2) is 0 Å². The molecule has 0 radical (unpaired) electrons. The Kier molecular flexibility index (Phi) is 3.92. The zero-order valence-corrected chi connectivity index (χ0v) is 12.5. The van der Waals surface area contributed by atoms with Crippen LogP contribution in [0.4, 0.5) is 0 Å². The maximum absolute atomic E-state index is 12.4. The molecule has 0 bridgehead atoms. The quantitative estimate of drug-likeness (QED) is 0.936. The summed E-state index contributed by atoms with van der Waals surface area (Å²) in [6, 6.07) is 10.0. The summed E-state index contributed by atoms with van der Waals surface area (Å²) in [5.74, 6) is -0.130. The number of hydrogen-bond donors (Lipinski definition) is 1. The van der Waals surface area contributed by atoms with Crippen LogP contribution in [0.15, 0.2) is 47.4 Å². The number of rotatable bonds is 4. The Morgan fingerprint density at radius 2 is 2.05 bits per heavy atom. The standard InChI is InChI=1S/C18H18N2O2/c1-20-12-16(14-8-5-9-15(14)18(20)22)17(21)19-11-10-13-6-3-2-4-7-13/h2-8,12H,9-11H2,1H3,(H,19,21). The molecule has 1 aromatic heterocycles. The molecular formula is C18H18N2O2. The summed E-state index contributed by atoms with van der Waals surface area (Å²) in [7, 11) is 1.68. The SMILES string of the molecule is Cn1cc(C(=O)NCCc2ccccc2)c2c(c1=O)CC=C2. The van der Waals surface area contributed by atoms with Gasteiger partial charge in [0, 0.05) is 25.4 Å². The molecule has 0 atom stereocenters. The first kappa shape index (κ1) is 14.3. The molecule has 3 rings (SSSR count). The average Bonchev–Trinajstić information content (AvgIpc) is 3.01. The minimum absolute atomic E-state index is 0.0270. The molecule has 4 nitrogen and oxygen atoms in total. The maximum Gasteiger partial charge on any atom is 0.254 e. The lowest BCUT2D eigenvalue weighted by atomic mass is 10.1. The van der Waals surface area contributed by atoms with E-state index in [0.29, 0.717) is 24.1 Å². The number of nitrogens with zero attached hydrogens (tertiary/aromatic N) is 1. The predicted molar refractivity (Wildman–Crippen MR) is 86.9 cm³/mol. The fourth-order valence-corrected chi connectivity index (χ4v) is 2.74. The van der Waals surface area contributed by atoms with Crippen molar-refractivity contribution in [3.63, 3.8) is 0 Å². The van der Waals surface area contributed by atoms with Crippen LogP contribution in [0.2, 0.25) is 0 Å². The normalized spacial score (nSPS) is 12.2. The van der Waals surface area contributed by atoms with Crippen molar-refractivity contribution in [3.8, 4) is 0 Å². The van der Waals surface area contributed by atoms with Crippen LogP contribution in [0, 0.1) is 0 Å². The number of carbonyl (C=O) groups is 1. The molecule has 1 aliphatic carbocycles. The van der Waals surface area contributed by atoms with E-state index >= 15 is 0 Å². The Balaban J connectivity index is 1.73. The van der Waals surface area contributed by atoms with Gasteiger partial charge in [0.05, 0.1) is 5.56 Å². The fourth-order valence-electron chi connectivity index (χ4n) is 2.74. The number of amides is 1. The molecule has 2 aromatic rings. The van der Waals surface area contributed by atoms with Gasteiger partial charge in [-0.2, -0.15) is 0 Å². The van der Waals surface area contributed by atoms with Crippen LogP contribution in [0.25, 0.3) is 6.08 Å². The molecule has 22 heavy (non-hydrogen) atoms. The topological polar surface area (TPSA) is 51.1 Å². The highest BCUT2D eigenvalue weighted by molar-refractivity contribution is 5.98. The molecule has 0 saturated heterocycles. The third-order valence-corrected chi connectivity index (χ3v) is 3.91. The minimum atomic E-state index is -0.130. The van der Waals surface area contributed by atoms with E-state index in [-0.39, 0.29) is 11.5 Å². The van der Waals surface area contributed by atoms with Gasteiger partial charge in [-0.25, -0.2) is 0 Å². The second-order valence-electron chi connectivity index (χ2n) is 5.45. The van der Waals surface area contributed by atoms with Crippen molar-refractivity contribution in [2.45, 2.75) is 12.8 Å². The molecule has 1 heterocycles. The van der Waals surface area contributed by atoms with Crippen molar-refractivity contribution >= 4 is 12.0 Å². The van der Waals surface area contributed by atoms with Gasteiger partial charge < -0.3 is 9.88 Å². The first-order chi connectivity index (χ1) is 10.7. The van der Waals surface area contributed by atoms with Crippen molar-refractivity contribution in [1.82, 2.24) is 9.88 Å². The Bertz CT molecular complexity index is 789. The minimum Gasteiger partial charge on any atom is -0.352 e. The number of benzene rings is 1. The van der Waals surface area contributed by atoms with Crippen molar-refractivity contribution in [3.05, 3.63) is 75.2 Å². The number of allylic oxidation sites excluding steroid dienone is 1. The zero-order chi connectivity index (χ0) is 15.5. The molecule has 0 aliphatic heterocycles. The molecule has 1 aromatic carbocycles. The number of fused-ring (bicyclic) bond motifs is 1. The van der Waals surface area contributed by atoms with Gasteiger partial charge in [0.1, 0.15) is 0 Å². The monoisotopic (exact) mass is 294 g/mol. The first-order valence-corrected chi connectivity index (χ1v) is 7.38. The molecule has 1 amide bonds. The number of aromatic nitrogens is 1. The third-order valence-electron chi connectivity index (χ3n) is 3.91. The fraction of sp³-hybridized carbons (Fsp3) is 0.222. The largest absolute Gasteiger partial charge is 0.352 e. The van der Waals surface area contributed by atoms with Crippen LogP contribution < -0.4 is 10.9 Å². The van der Waals surface area contributed by atoms with Crippen molar-refractivity contribution in [2.24, 2.45) is 7.05 Å². The highest BCUT2D eigenvalue weighted by Gasteiger charge is 2.19. The molecule has 0 fully saturated rings. The van der Waals surface area contributed by atoms with E-state index in [2.05, 4.69) is 5.32 Å². The molecular weight excluding hydrogens is 276 g/mol. The van der Waals surface area contributed by atoms with Gasteiger partial charge in [-0.05, 0) is 24.0 Å². The second-order valence-corrected chi connectivity index (χ2v) is 5.45. The lowest BCUT2D eigenvalue weighted by Gasteiger charge is -2.11. The van der Waals surface area contributed by atoms with Gasteiger partial charge >= 0.3 is 0 Å². The summed E-state index contributed by atoms with van der Waals surface area (Å²) < 4.78 is 1.48. The number of aryl methyl sites for hydroxylation is 1. The van der Waals surface area contributed by atoms with E-state index in [0.717, 1.165) is 12.0 Å². The highest BCUT2D eigenvalue weighted by atomic mass is 16.2. The van der Waals surface area contributed by atoms with Crippen LogP contribution >= 0.6 is 0 Å². The molecule has 1 N–H and O–H groups in total. The van der Waals surface area contributed by atoms with E-state index < -0.39 is 0 Å². The summed E-state index contributed by atoms with van der Waals surface area (Å²) in [4.78, 5) is 24.4. The Labute approximate surface area is 129 Å². The lowest BCUT2D eigenvalue weighted by Crippen LogP contribution is -2.30. The smallest absolute Gasteiger partial charge is 0.254 e. The van der Waals surface area contributed by atoms with Gasteiger partial charge in [0.2, 0.25) is 0 Å². The summed E-state index contributed by atoms with van der Waals surface area (Å²) >= 11 is 0. The zero-order valence-electron chi connectivity index (χ0n) is 12.5. The van der Waals surface area contributed by atoms with E-state index in [9.17, 15) is 9.59 Å². The van der Waals surface area contributed by atoms with E-state index in [1.807, 2.05) is 42.5 Å². The average molecular weight is 294 g/mol. The molecule has 4 heteroatoms. The van der Waals surface area contributed by atoms with Crippen LogP contribution in [-0.2, 0) is 19.9 Å². The number of nitrogens with one attached hydrogen (secondary N) is 1. The van der Waals surface area contributed by atoms with Crippen molar-refractivity contribution < 1.29 is 4.79 Å². The summed E-state index contributed by atoms with van der Waals surface area (Å²) in [5, 5.41) is 2.94. The van der Waals surface area contributed by atoms with Gasteiger partial charge in [-0.1, -0.05) is 42.5 Å². The van der Waals surface area contributed by atoms with Gasteiger partial charge in [-0.3, -0.25) is 9.59 Å². The van der Waals surface area contributed by atoms with Gasteiger partial charge in [-0.15, -0.1) is 0 Å². The van der Waals surface area contributed by atoms with Crippen molar-refractivity contribution in [2.75, 3.05) is 6.54 Å². The summed E-state index contributed by atoms with van der Waals surface area (Å²) in [6.07, 6.45) is 6.80. The van der Waals surface area contributed by atoms with E-state index in [4.69, 9.17) is 0 Å². The summed E-state index contributed by atoms with van der Waals surface area (Å²) in [5.41, 5.74) is 3.20. The number of pyridine rings is 1. The lowest BCUT2D eigenvalue weighted by molar-refractivity contribution is 0.0953. The highest BCUT2D eigenvalue weighted by Crippen LogP contribution is 2.20. The molecule has 0 saturated carbocycles. The number of hydrogen-bond acceptors (Lipinski definition) is 2. The first-order valence-electron chi connectivity index (χ1n) is 7.38. The number of carbonyl (C=O) groups excluding carboxylic acids is 1. The second kappa shape index (κ2) is 6.02. The molecule has 0 unspecified atom stereocenters. The predicted octanol–water partition coefficient (Wildman–Crippen LogP) is 1.93. The molecule has 0 spiro atoms. The molecule has 1 aliphatic rings. The third kappa shape index (κ3) is 2.72. The molecule has 112 valence electrons. The van der Waals surface area contributed by atoms with Crippen LogP contribution in [0.5, 0.6) is 0 Å². The van der Waals surface area contributed by atoms with Crippen LogP contribution in [0.3, 0.4) is 0 Å². The Morgan fingerprint density at radius 3 is 2.82 bits per heavy atom. The van der Waals surface area contributed by atoms with E-state index in [1.165, 1.54) is 10.1 Å². The summed E-state index contributed by atoms with van der Waals surface area (Å²) in [6.45, 7) is 0.574. The van der Waals surface area contributed by atoms with Crippen LogP contribution in [-0.4, -0.2) is 17.0 Å². The van der Waals surface area contributed by atoms with Crippen molar-refractivity contribution in [1.29, 1.82) is 0 Å². The Morgan fingerprint density at radius 1 is 1.27 bits per heavy atom.